The molecule has 0 spiro atoms. The molecule has 2 aliphatic carbocycles. The fourth-order valence-corrected chi connectivity index (χ4v) is 10.4. The average Bonchev–Trinajstić information content (AvgIpc) is 4.13. The SMILES string of the molecule is CC(C)(C)[Si](C)(C)OCc1cccc2cnc(Cl)cc12.CCc1cccc2cnc(-c3nc4c(c(N(C)CC(=O)Nc5ccc(C)nc5)n3)CCC4)cc12.Cc1ccc(NC(=O)CN(C)c2nc(Cl)nc3c2CCC3)cn1. The molecule has 0 saturated carbocycles. The van der Waals surface area contributed by atoms with Crippen molar-refractivity contribution < 1.29 is 14.0 Å². The van der Waals surface area contributed by atoms with Crippen LogP contribution >= 0.6 is 23.2 Å². The van der Waals surface area contributed by atoms with Crippen LogP contribution in [0.15, 0.2) is 97.6 Å². The number of benzene rings is 2. The van der Waals surface area contributed by atoms with E-state index < -0.39 is 8.32 Å². The molecule has 6 aromatic heterocycles. The van der Waals surface area contributed by atoms with Gasteiger partial charge in [0.05, 0.1) is 49.2 Å². The number of carbonyl (C=O) groups excluding carboxylic acids is 2. The van der Waals surface area contributed by atoms with E-state index in [9.17, 15) is 9.59 Å². The summed E-state index contributed by atoms with van der Waals surface area (Å²) in [6, 6.07) is 23.9. The third-order valence-electron chi connectivity index (χ3n) is 14.3. The molecular weight excluding hydrogens is 1020 g/mol. The van der Waals surface area contributed by atoms with Crippen LogP contribution in [0, 0.1) is 13.8 Å². The summed E-state index contributed by atoms with van der Waals surface area (Å²) in [7, 11) is 2.00. The van der Waals surface area contributed by atoms with Crippen molar-refractivity contribution in [3.63, 3.8) is 0 Å². The van der Waals surface area contributed by atoms with Crippen LogP contribution in [-0.2, 0) is 52.7 Å². The van der Waals surface area contributed by atoms with E-state index in [1.165, 1.54) is 16.5 Å². The molecule has 0 aliphatic heterocycles. The van der Waals surface area contributed by atoms with Crippen molar-refractivity contribution >= 4 is 87.9 Å². The third kappa shape index (κ3) is 14.1. The molecule has 6 heterocycles. The van der Waals surface area contributed by atoms with Crippen molar-refractivity contribution in [2.75, 3.05) is 47.6 Å². The van der Waals surface area contributed by atoms with Crippen LogP contribution in [0.1, 0.15) is 85.6 Å². The fraction of sp³-hybridized carbons (Fsp3) is 0.356. The second-order valence-corrected chi connectivity index (χ2v) is 26.7. The average molecular weight is 1090 g/mol. The maximum Gasteiger partial charge on any atom is 0.243 e. The zero-order valence-corrected chi connectivity index (χ0v) is 48.3. The van der Waals surface area contributed by atoms with Crippen molar-refractivity contribution in [1.82, 2.24) is 39.9 Å². The highest BCUT2D eigenvalue weighted by Gasteiger charge is 2.37. The molecule has 400 valence electrons. The summed E-state index contributed by atoms with van der Waals surface area (Å²) in [5.41, 5.74) is 10.7. The molecule has 0 fully saturated rings. The highest BCUT2D eigenvalue weighted by molar-refractivity contribution is 6.74. The molecule has 2 amide bonds. The molecule has 0 unspecified atom stereocenters. The van der Waals surface area contributed by atoms with Crippen LogP contribution in [0.4, 0.5) is 23.0 Å². The van der Waals surface area contributed by atoms with Gasteiger partial charge in [0, 0.05) is 65.5 Å². The van der Waals surface area contributed by atoms with E-state index in [4.69, 9.17) is 37.6 Å². The van der Waals surface area contributed by atoms with Crippen molar-refractivity contribution in [2.24, 2.45) is 0 Å². The van der Waals surface area contributed by atoms with Crippen molar-refractivity contribution in [1.29, 1.82) is 0 Å². The first-order valence-electron chi connectivity index (χ1n) is 26.1. The van der Waals surface area contributed by atoms with Crippen LogP contribution in [0.3, 0.4) is 0 Å². The molecule has 2 aromatic carbocycles. The molecule has 10 rings (SSSR count). The largest absolute Gasteiger partial charge is 0.413 e. The Bertz CT molecular complexity index is 3410. The molecule has 15 nitrogen and oxygen atoms in total. The first-order chi connectivity index (χ1) is 36.7. The monoisotopic (exact) mass is 1090 g/mol. The lowest BCUT2D eigenvalue weighted by atomic mass is 10.0. The fourth-order valence-electron chi connectivity index (χ4n) is 9.08. The lowest BCUT2D eigenvalue weighted by molar-refractivity contribution is -0.115. The van der Waals surface area contributed by atoms with Gasteiger partial charge in [0.1, 0.15) is 22.5 Å². The molecule has 0 bridgehead atoms. The van der Waals surface area contributed by atoms with E-state index in [0.29, 0.717) is 29.0 Å². The number of aromatic nitrogens is 8. The van der Waals surface area contributed by atoms with Crippen LogP contribution < -0.4 is 20.4 Å². The number of fused-ring (bicyclic) bond motifs is 4. The Labute approximate surface area is 462 Å². The molecule has 2 aliphatic rings. The molecule has 18 heteroatoms. The molecule has 0 atom stereocenters. The standard InChI is InChI=1S/C27H28N6O.C16H18ClN5O.C16H22ClNOSi/c1-4-18-7-5-8-19-14-29-24(13-22(18)19)26-31-23-10-6-9-21(23)27(32-26)33(3)16-25(34)30-20-12-11-17(2)28-15-20;1-10-6-7-11(8-18-10)19-14(23)9-22(2)15-12-4-3-5-13(12)20-16(17)21-15;1-16(2,3)20(4,5)19-11-13-8-6-7-12-10-18-15(17)9-14(12)13/h5,7-8,11-15H,4,6,9-10,16H2,1-3H3,(H,30,34);6-8H,3-5,9H2,1-2H3,(H,19,23);6-10H,11H2,1-5H3. The summed E-state index contributed by atoms with van der Waals surface area (Å²) < 4.78 is 6.30. The minimum absolute atomic E-state index is 0.114. The van der Waals surface area contributed by atoms with Crippen LogP contribution in [0.5, 0.6) is 0 Å². The zero-order valence-electron chi connectivity index (χ0n) is 45.8. The van der Waals surface area contributed by atoms with E-state index in [1.54, 1.807) is 12.4 Å². The van der Waals surface area contributed by atoms with Gasteiger partial charge in [-0.05, 0) is 147 Å². The Hall–Kier alpha value is -6.98. The van der Waals surface area contributed by atoms with Gasteiger partial charge in [-0.25, -0.2) is 24.9 Å². The van der Waals surface area contributed by atoms with E-state index in [1.807, 2.05) is 86.5 Å². The normalized spacial score (nSPS) is 12.7. The smallest absolute Gasteiger partial charge is 0.243 e. The van der Waals surface area contributed by atoms with Crippen molar-refractivity contribution in [3.8, 4) is 11.5 Å². The number of nitrogens with one attached hydrogen (secondary N) is 2. The second-order valence-electron chi connectivity index (χ2n) is 21.2. The minimum Gasteiger partial charge on any atom is -0.413 e. The summed E-state index contributed by atoms with van der Waals surface area (Å²) in [6.07, 6.45) is 13.7. The number of aryl methyl sites for hydroxylation is 5. The number of hydrogen-bond acceptors (Lipinski definition) is 13. The quantitative estimate of drug-likeness (QED) is 0.0634. The number of rotatable bonds is 13. The summed E-state index contributed by atoms with van der Waals surface area (Å²) in [6.45, 7) is 18.3. The number of anilines is 4. The number of amides is 2. The lowest BCUT2D eigenvalue weighted by Gasteiger charge is -2.36. The Kier molecular flexibility index (Phi) is 17.9. The Morgan fingerprint density at radius 1 is 0.649 bits per heavy atom. The van der Waals surface area contributed by atoms with Gasteiger partial charge in [0.25, 0.3) is 0 Å². The van der Waals surface area contributed by atoms with Gasteiger partial charge in [-0.3, -0.25) is 24.5 Å². The topological polar surface area (TPSA) is 177 Å². The van der Waals surface area contributed by atoms with E-state index in [0.717, 1.165) is 112 Å². The number of nitrogens with zero attached hydrogens (tertiary/aromatic N) is 10. The minimum atomic E-state index is -1.74. The maximum absolute atomic E-state index is 12.7. The van der Waals surface area contributed by atoms with Gasteiger partial charge in [-0.2, -0.15) is 0 Å². The summed E-state index contributed by atoms with van der Waals surface area (Å²) in [4.78, 5) is 64.2. The molecule has 0 radical (unpaired) electrons. The number of carbonyl (C=O) groups is 2. The van der Waals surface area contributed by atoms with Gasteiger partial charge in [0.2, 0.25) is 17.1 Å². The number of likely N-dealkylation sites (N-methyl/N-ethyl adjacent to an activating group) is 2. The van der Waals surface area contributed by atoms with Crippen LogP contribution in [0.2, 0.25) is 28.6 Å². The molecule has 2 N–H and O–H groups in total. The van der Waals surface area contributed by atoms with E-state index >= 15 is 0 Å². The first kappa shape index (κ1) is 56.2. The highest BCUT2D eigenvalue weighted by atomic mass is 35.5. The predicted molar refractivity (Wildman–Crippen MR) is 314 cm³/mol. The first-order valence-corrected chi connectivity index (χ1v) is 29.8. The van der Waals surface area contributed by atoms with Crippen molar-refractivity contribution in [2.45, 2.75) is 111 Å². The lowest BCUT2D eigenvalue weighted by Crippen LogP contribution is -2.40. The predicted octanol–water partition coefficient (Wildman–Crippen LogP) is 12.3. The number of hydrogen-bond donors (Lipinski definition) is 2. The third-order valence-corrected chi connectivity index (χ3v) is 19.2. The van der Waals surface area contributed by atoms with Gasteiger partial charge >= 0.3 is 0 Å². The van der Waals surface area contributed by atoms with Gasteiger partial charge in [0.15, 0.2) is 14.1 Å². The zero-order chi connectivity index (χ0) is 55.0. The molecular formula is C59H68Cl2N12O3Si. The van der Waals surface area contributed by atoms with Crippen LogP contribution in [-0.4, -0.2) is 87.2 Å². The van der Waals surface area contributed by atoms with Gasteiger partial charge in [-0.1, -0.05) is 75.7 Å². The summed E-state index contributed by atoms with van der Waals surface area (Å²) in [5, 5.41) is 11.3. The van der Waals surface area contributed by atoms with Gasteiger partial charge < -0.3 is 24.9 Å². The van der Waals surface area contributed by atoms with E-state index in [-0.39, 0.29) is 35.2 Å². The molecule has 77 heavy (non-hydrogen) atoms. The number of pyridine rings is 4. The Morgan fingerprint density at radius 2 is 1.18 bits per heavy atom. The highest BCUT2D eigenvalue weighted by Crippen LogP contribution is 2.38. The second kappa shape index (κ2) is 24.6. The number of halogens is 2. The summed E-state index contributed by atoms with van der Waals surface area (Å²) in [5.74, 6) is 1.92. The van der Waals surface area contributed by atoms with Crippen molar-refractivity contribution in [3.05, 3.63) is 153 Å². The summed E-state index contributed by atoms with van der Waals surface area (Å²) >= 11 is 12.0. The van der Waals surface area contributed by atoms with E-state index in [2.05, 4.69) is 118 Å². The Balaban J connectivity index is 0.000000160. The van der Waals surface area contributed by atoms with Gasteiger partial charge in [-0.15, -0.1) is 0 Å². The molecule has 0 saturated heterocycles. The van der Waals surface area contributed by atoms with Crippen LogP contribution in [0.25, 0.3) is 33.1 Å². The Morgan fingerprint density at radius 3 is 1.73 bits per heavy atom. The molecule has 8 aromatic rings. The maximum atomic E-state index is 12.7.